The van der Waals surface area contributed by atoms with Crippen molar-refractivity contribution in [3.8, 4) is 0 Å². The van der Waals surface area contributed by atoms with Crippen LogP contribution in [0.2, 0.25) is 0 Å². The van der Waals surface area contributed by atoms with Crippen LogP contribution in [0.25, 0.3) is 0 Å². The van der Waals surface area contributed by atoms with Crippen molar-refractivity contribution in [2.45, 2.75) is 30.9 Å². The molecule has 23 heavy (non-hydrogen) atoms. The van der Waals surface area contributed by atoms with Crippen molar-refractivity contribution in [3.63, 3.8) is 0 Å². The number of anilines is 1. The van der Waals surface area contributed by atoms with Crippen LogP contribution < -0.4 is 15.5 Å². The Morgan fingerprint density at radius 3 is 2.78 bits per heavy atom. The number of benzene rings is 1. The summed E-state index contributed by atoms with van der Waals surface area (Å²) in [5.41, 5.74) is 1.28. The Hall–Kier alpha value is -1.36. The number of aliphatic imine (C=N–C) groups is 1. The highest BCUT2D eigenvalue weighted by molar-refractivity contribution is 8.00. The molecule has 1 atom stereocenters. The molecule has 128 valence electrons. The Morgan fingerprint density at radius 2 is 2.09 bits per heavy atom. The minimum Gasteiger partial charge on any atom is -0.375 e. The number of hydrogen-bond donors (Lipinski definition) is 2. The van der Waals surface area contributed by atoms with Gasteiger partial charge in [0.25, 0.3) is 0 Å². The van der Waals surface area contributed by atoms with Crippen molar-refractivity contribution in [1.29, 1.82) is 0 Å². The van der Waals surface area contributed by atoms with Crippen LogP contribution in [-0.4, -0.2) is 50.7 Å². The third kappa shape index (κ3) is 6.73. The lowest BCUT2D eigenvalue weighted by Crippen LogP contribution is -2.40. The maximum absolute atomic E-state index is 4.30. The first kappa shape index (κ1) is 18.0. The van der Waals surface area contributed by atoms with Gasteiger partial charge in [-0.1, -0.05) is 18.2 Å². The Labute approximate surface area is 145 Å². The van der Waals surface area contributed by atoms with E-state index in [1.807, 2.05) is 7.05 Å². The summed E-state index contributed by atoms with van der Waals surface area (Å²) in [5, 5.41) is 7.62. The molecule has 0 aromatic heterocycles. The normalized spacial score (nSPS) is 18.0. The number of nitrogens with zero attached hydrogens (tertiary/aromatic N) is 2. The average Bonchev–Trinajstić information content (AvgIpc) is 3.11. The lowest BCUT2D eigenvalue weighted by molar-refractivity contribution is 0.679. The van der Waals surface area contributed by atoms with E-state index >= 15 is 0 Å². The molecule has 0 aliphatic carbocycles. The molecule has 1 saturated heterocycles. The highest BCUT2D eigenvalue weighted by Crippen LogP contribution is 2.25. The predicted octanol–water partition coefficient (Wildman–Crippen LogP) is 2.96. The van der Waals surface area contributed by atoms with Crippen molar-refractivity contribution in [2.75, 3.05) is 44.4 Å². The molecule has 5 heteroatoms. The smallest absolute Gasteiger partial charge is 0.191 e. The SMILES string of the molecule is CN=C(NCCCCN(C)c1ccccc1)NCC1CCCS1. The van der Waals surface area contributed by atoms with Crippen LogP contribution in [0.1, 0.15) is 25.7 Å². The van der Waals surface area contributed by atoms with Gasteiger partial charge in [0.1, 0.15) is 0 Å². The molecule has 2 N–H and O–H groups in total. The molecule has 4 nitrogen and oxygen atoms in total. The van der Waals surface area contributed by atoms with Crippen molar-refractivity contribution in [3.05, 3.63) is 30.3 Å². The summed E-state index contributed by atoms with van der Waals surface area (Å²) in [6.07, 6.45) is 5.02. The van der Waals surface area contributed by atoms with E-state index in [0.29, 0.717) is 0 Å². The quantitative estimate of drug-likeness (QED) is 0.436. The zero-order valence-corrected chi connectivity index (χ0v) is 15.2. The second-order valence-electron chi connectivity index (χ2n) is 5.98. The molecular weight excluding hydrogens is 304 g/mol. The predicted molar refractivity (Wildman–Crippen MR) is 104 cm³/mol. The number of unbranched alkanes of at least 4 members (excludes halogenated alkanes) is 1. The summed E-state index contributed by atoms with van der Waals surface area (Å²) >= 11 is 2.08. The van der Waals surface area contributed by atoms with E-state index < -0.39 is 0 Å². The molecule has 0 radical (unpaired) electrons. The highest BCUT2D eigenvalue weighted by Gasteiger charge is 2.15. The van der Waals surface area contributed by atoms with E-state index in [0.717, 1.165) is 37.3 Å². The zero-order valence-electron chi connectivity index (χ0n) is 14.4. The van der Waals surface area contributed by atoms with Crippen LogP contribution in [0.3, 0.4) is 0 Å². The Balaban J connectivity index is 1.55. The van der Waals surface area contributed by atoms with Crippen LogP contribution in [-0.2, 0) is 0 Å². The van der Waals surface area contributed by atoms with E-state index in [1.165, 1.54) is 30.7 Å². The van der Waals surface area contributed by atoms with E-state index in [-0.39, 0.29) is 0 Å². The summed E-state index contributed by atoms with van der Waals surface area (Å²) in [6.45, 7) is 3.08. The molecular formula is C18H30N4S. The van der Waals surface area contributed by atoms with Gasteiger partial charge in [-0.05, 0) is 43.6 Å². The standard InChI is InChI=1S/C18H30N4S/c1-19-18(21-15-17-11-8-14-23-17)20-12-6-7-13-22(2)16-9-4-3-5-10-16/h3-5,9-10,17H,6-8,11-15H2,1-2H3,(H2,19,20,21). The van der Waals surface area contributed by atoms with Crippen LogP contribution in [0.4, 0.5) is 5.69 Å². The molecule has 1 aliphatic rings. The summed E-state index contributed by atoms with van der Waals surface area (Å²) in [5.74, 6) is 2.25. The van der Waals surface area contributed by atoms with Crippen molar-refractivity contribution in [1.82, 2.24) is 10.6 Å². The summed E-state index contributed by atoms with van der Waals surface area (Å²) in [7, 11) is 4.00. The number of guanidine groups is 1. The number of rotatable bonds is 8. The second kappa shape index (κ2) is 10.4. The van der Waals surface area contributed by atoms with Crippen LogP contribution in [0, 0.1) is 0 Å². The minimum atomic E-state index is 0.757. The van der Waals surface area contributed by atoms with Gasteiger partial charge in [0.05, 0.1) is 0 Å². The highest BCUT2D eigenvalue weighted by atomic mass is 32.2. The average molecular weight is 335 g/mol. The number of para-hydroxylation sites is 1. The van der Waals surface area contributed by atoms with Crippen LogP contribution >= 0.6 is 11.8 Å². The molecule has 0 bridgehead atoms. The van der Waals surface area contributed by atoms with Gasteiger partial charge in [0.15, 0.2) is 5.96 Å². The summed E-state index contributed by atoms with van der Waals surface area (Å²) in [4.78, 5) is 6.61. The maximum atomic E-state index is 4.30. The van der Waals surface area contributed by atoms with Crippen molar-refractivity contribution in [2.24, 2.45) is 4.99 Å². The fourth-order valence-electron chi connectivity index (χ4n) is 2.73. The van der Waals surface area contributed by atoms with Gasteiger partial charge in [-0.2, -0.15) is 11.8 Å². The van der Waals surface area contributed by atoms with Gasteiger partial charge in [0.2, 0.25) is 0 Å². The fraction of sp³-hybridized carbons (Fsp3) is 0.611. The first-order valence-corrected chi connectivity index (χ1v) is 9.67. The van der Waals surface area contributed by atoms with Crippen LogP contribution in [0.5, 0.6) is 0 Å². The van der Waals surface area contributed by atoms with E-state index in [9.17, 15) is 0 Å². The minimum absolute atomic E-state index is 0.757. The molecule has 0 spiro atoms. The summed E-state index contributed by atoms with van der Waals surface area (Å²) < 4.78 is 0. The lowest BCUT2D eigenvalue weighted by atomic mass is 10.2. The third-order valence-corrected chi connectivity index (χ3v) is 5.55. The molecule has 0 amide bonds. The fourth-order valence-corrected chi connectivity index (χ4v) is 3.93. The summed E-state index contributed by atoms with van der Waals surface area (Å²) in [6, 6.07) is 10.6. The monoisotopic (exact) mass is 334 g/mol. The molecule has 2 rings (SSSR count). The van der Waals surface area contributed by atoms with E-state index in [1.54, 1.807) is 0 Å². The second-order valence-corrected chi connectivity index (χ2v) is 7.39. The Kier molecular flexibility index (Phi) is 8.15. The Bertz CT molecular complexity index is 457. The number of nitrogens with one attached hydrogen (secondary N) is 2. The largest absolute Gasteiger partial charge is 0.375 e. The maximum Gasteiger partial charge on any atom is 0.191 e. The first-order valence-electron chi connectivity index (χ1n) is 8.62. The Morgan fingerprint density at radius 1 is 1.26 bits per heavy atom. The van der Waals surface area contributed by atoms with Crippen LogP contribution in [0.15, 0.2) is 35.3 Å². The molecule has 1 aromatic rings. The third-order valence-electron chi connectivity index (χ3n) is 4.15. The molecule has 0 saturated carbocycles. The van der Waals surface area contributed by atoms with Gasteiger partial charge in [-0.25, -0.2) is 0 Å². The first-order chi connectivity index (χ1) is 11.3. The molecule has 1 fully saturated rings. The van der Waals surface area contributed by atoms with E-state index in [4.69, 9.17) is 0 Å². The van der Waals surface area contributed by atoms with Gasteiger partial charge in [0, 0.05) is 44.7 Å². The van der Waals surface area contributed by atoms with E-state index in [2.05, 4.69) is 69.7 Å². The zero-order chi connectivity index (χ0) is 16.3. The van der Waals surface area contributed by atoms with Crippen molar-refractivity contribution < 1.29 is 0 Å². The van der Waals surface area contributed by atoms with Gasteiger partial charge in [-0.3, -0.25) is 4.99 Å². The molecule has 1 aromatic carbocycles. The number of thioether (sulfide) groups is 1. The molecule has 1 unspecified atom stereocenters. The van der Waals surface area contributed by atoms with Gasteiger partial charge < -0.3 is 15.5 Å². The van der Waals surface area contributed by atoms with Gasteiger partial charge in [-0.15, -0.1) is 0 Å². The van der Waals surface area contributed by atoms with Gasteiger partial charge >= 0.3 is 0 Å². The lowest BCUT2D eigenvalue weighted by Gasteiger charge is -2.19. The van der Waals surface area contributed by atoms with Crippen molar-refractivity contribution >= 4 is 23.4 Å². The molecule has 1 aliphatic heterocycles. The number of hydrogen-bond acceptors (Lipinski definition) is 3. The molecule has 1 heterocycles. The topological polar surface area (TPSA) is 39.7 Å².